The number of fused-ring (bicyclic) bond motifs is 7. The standard InChI is InChI=1S/C72H85N19O18S5.C3H3NS/c1-14-26(3)47-63(105)78-30(7)57(99)75-28(5)56(98)76-31(8)58(100)91-72-19-18-40(66-85-43(22-111-66)59(101)77-29(6)55(97)74-27(4)54(73)96)81-52(72)42-21-112-67(83-42)49(34(11)109-69(107)41-20-37(32(9)92)36-16-17-39(79-47)51(95)50(36)80-41)89-60(102)44-24-113-68(86-44)53(71(13,108)35(12)94)90-62(104)45-23-110-65(84-45)38(15-2)82-64(106)48(33(10)93)88-61(103)46-25-114-70(72)87-46;1-2-5-3-4-1/h15-17,20-22,24-26,30-35,39,45,47-49,51-53,79,92-95,108H,4-6,14,18-19,23H2,1-3,7-13H3,(H2,73,96)(H,74,97)(H,75,99)(H,76,98)(H,77,101)(H,78,105)(H,82,106)(H,88,103)(H,89,102)(H,90,104)(H,91,100);1-3H/b38-15+;. The molecule has 44 heteroatoms. The Morgan fingerprint density at radius 3 is 2.13 bits per heavy atom. The van der Waals surface area contributed by atoms with E-state index in [9.17, 15) is 68.7 Å². The molecule has 0 aromatic carbocycles. The number of rotatable bonds is 12. The van der Waals surface area contributed by atoms with Crippen molar-refractivity contribution in [3.63, 3.8) is 0 Å². The Balaban J connectivity index is 0.00000287. The highest BCUT2D eigenvalue weighted by Crippen LogP contribution is 2.48. The van der Waals surface area contributed by atoms with E-state index in [1.165, 1.54) is 88.2 Å². The second-order valence-corrected chi connectivity index (χ2v) is 33.7. The number of pyridine rings is 1. The van der Waals surface area contributed by atoms with Crippen molar-refractivity contribution in [3.8, 4) is 0 Å². The van der Waals surface area contributed by atoms with Crippen LogP contribution in [0.3, 0.4) is 0 Å². The van der Waals surface area contributed by atoms with Gasteiger partial charge in [0.05, 0.1) is 75.8 Å². The Hall–Kier alpha value is -10.9. The van der Waals surface area contributed by atoms with Gasteiger partial charge in [-0.3, -0.25) is 73.0 Å². The summed E-state index contributed by atoms with van der Waals surface area (Å²) in [6, 6.07) is -11.6. The van der Waals surface area contributed by atoms with E-state index in [1.54, 1.807) is 49.9 Å². The van der Waals surface area contributed by atoms with Crippen molar-refractivity contribution in [1.29, 1.82) is 0 Å². The molecule has 11 rings (SSSR count). The SMILES string of the molecule is C=C(NC(=O)C(=C)NC(=O)c1csc(C2=NC3c4csc(n4)C4NC(=O)c5csc(n5)C(C(C)(O)C(C)O)NC(=O)C5CSC(=N5)/C(=C\C)NC(=O)C(C(C)O)NC(=O)c5csc(n5)C3(CC2)NC(=O)C(C)NC(=O)C(=C)NC(=O)C(C)NC(=O)C(C(C)CC)NC2C=Cc3c(C(C)O)cc(nc3C2O)C(=O)OC4C)n1)C(N)=O.c1cscn1. The zero-order valence-electron chi connectivity index (χ0n) is 65.6. The first-order valence-electron chi connectivity index (χ1n) is 37.0. The molecule has 1 aliphatic carbocycles. The van der Waals surface area contributed by atoms with Gasteiger partial charge in [-0.05, 0) is 85.8 Å². The maximum absolute atomic E-state index is 15.4. The van der Waals surface area contributed by atoms with E-state index in [-0.39, 0.29) is 94.7 Å². The van der Waals surface area contributed by atoms with Crippen molar-refractivity contribution >= 4 is 156 Å². The Labute approximate surface area is 704 Å². The second kappa shape index (κ2) is 38.4. The van der Waals surface area contributed by atoms with Crippen LogP contribution >= 0.6 is 68.4 Å². The van der Waals surface area contributed by atoms with Crippen LogP contribution in [-0.4, -0.2) is 203 Å². The number of primary amides is 1. The molecule has 18 N–H and O–H groups in total. The molecule has 6 aromatic rings. The number of carbonyl (C=O) groups is 12. The highest BCUT2D eigenvalue weighted by molar-refractivity contribution is 8.14. The van der Waals surface area contributed by atoms with Gasteiger partial charge in [0.1, 0.15) is 113 Å². The van der Waals surface area contributed by atoms with Crippen molar-refractivity contribution in [2.45, 2.75) is 185 Å². The number of aromatic nitrogens is 6. The Bertz CT molecular complexity index is 5110. The fraction of sp³-hybridized carbons (Fsp3) is 0.413. The highest BCUT2D eigenvalue weighted by Gasteiger charge is 2.51. The molecule has 10 heterocycles. The molecular weight excluding hydrogens is 1660 g/mol. The van der Waals surface area contributed by atoms with Gasteiger partial charge in [0.2, 0.25) is 29.5 Å². The number of thioether (sulfide) groups is 1. The maximum Gasteiger partial charge on any atom is 0.357 e. The maximum atomic E-state index is 15.4. The number of amides is 11. The molecule has 0 saturated heterocycles. The molecule has 0 saturated carbocycles. The number of aliphatic imine (C=N–C) groups is 2. The number of esters is 1. The van der Waals surface area contributed by atoms with Crippen molar-refractivity contribution in [2.75, 3.05) is 5.75 Å². The van der Waals surface area contributed by atoms with Crippen LogP contribution in [0.4, 0.5) is 0 Å². The lowest BCUT2D eigenvalue weighted by atomic mass is 9.80. The van der Waals surface area contributed by atoms with Gasteiger partial charge in [-0.15, -0.1) is 68.4 Å². The smallest absolute Gasteiger partial charge is 0.357 e. The van der Waals surface area contributed by atoms with Crippen LogP contribution in [0.2, 0.25) is 0 Å². The summed E-state index contributed by atoms with van der Waals surface area (Å²) in [5.74, 6) is -12.2. The summed E-state index contributed by atoms with van der Waals surface area (Å²) in [6.45, 7) is 24.9. The van der Waals surface area contributed by atoms with Gasteiger partial charge >= 0.3 is 5.97 Å². The molecule has 4 aliphatic heterocycles. The third-order valence-electron chi connectivity index (χ3n) is 19.8. The normalized spacial score (nSPS) is 26.1. The molecule has 6 aromatic heterocycles. The van der Waals surface area contributed by atoms with Crippen molar-refractivity contribution in [3.05, 3.63) is 165 Å². The number of hydrogen-bond donors (Lipinski definition) is 17. The first-order valence-corrected chi connectivity index (χ1v) is 42.4. The Kier molecular flexibility index (Phi) is 29.2. The molecule has 0 spiro atoms. The number of allylic oxidation sites excluding steroid dienone is 1. The zero-order valence-corrected chi connectivity index (χ0v) is 70.5. The summed E-state index contributed by atoms with van der Waals surface area (Å²) in [5.41, 5.74) is 0.00444. The number of hydrogen-bond acceptors (Lipinski definition) is 33. The van der Waals surface area contributed by atoms with Crippen LogP contribution in [0.5, 0.6) is 0 Å². The number of aliphatic hydroxyl groups excluding tert-OH is 4. The fourth-order valence-electron chi connectivity index (χ4n) is 12.5. The van der Waals surface area contributed by atoms with E-state index in [4.69, 9.17) is 25.4 Å². The molecule has 17 unspecified atom stereocenters. The Morgan fingerprint density at radius 1 is 0.773 bits per heavy atom. The Morgan fingerprint density at radius 2 is 1.47 bits per heavy atom. The summed E-state index contributed by atoms with van der Waals surface area (Å²) in [4.78, 5) is 207. The van der Waals surface area contributed by atoms with E-state index in [0.717, 1.165) is 57.1 Å². The molecule has 17 atom stereocenters. The van der Waals surface area contributed by atoms with E-state index < -0.39 is 196 Å². The van der Waals surface area contributed by atoms with Gasteiger partial charge < -0.3 is 89.2 Å². The third-order valence-corrected chi connectivity index (χ3v) is 25.2. The first kappa shape index (κ1) is 90.4. The van der Waals surface area contributed by atoms with Crippen LogP contribution in [0.1, 0.15) is 203 Å². The quantitative estimate of drug-likeness (QED) is 0.0614. The largest absolute Gasteiger partial charge is 0.455 e. The third kappa shape index (κ3) is 20.7. The summed E-state index contributed by atoms with van der Waals surface area (Å²) < 4.78 is 6.26. The molecular formula is C75H88N20O18S6. The summed E-state index contributed by atoms with van der Waals surface area (Å²) in [6.07, 6.45) is -1.41. The second-order valence-electron chi connectivity index (χ2n) is 28.5. The summed E-state index contributed by atoms with van der Waals surface area (Å²) >= 11 is 6.02. The van der Waals surface area contributed by atoms with Crippen molar-refractivity contribution in [1.82, 2.24) is 88.4 Å². The summed E-state index contributed by atoms with van der Waals surface area (Å²) in [5, 5.41) is 94.2. The molecule has 11 amide bonds. The topological polar surface area (TPSA) is 576 Å². The van der Waals surface area contributed by atoms with Gasteiger partial charge in [-0.25, -0.2) is 29.7 Å². The van der Waals surface area contributed by atoms with E-state index in [0.29, 0.717) is 6.42 Å². The number of ether oxygens (including phenoxy) is 1. The average molecular weight is 1750 g/mol. The number of cyclic esters (lactones) is 1. The molecule has 119 heavy (non-hydrogen) atoms. The van der Waals surface area contributed by atoms with Crippen LogP contribution in [0, 0.1) is 5.92 Å². The average Bonchev–Trinajstić information content (AvgIpc) is 1.66. The van der Waals surface area contributed by atoms with Crippen molar-refractivity contribution < 1.29 is 87.8 Å². The lowest BCUT2D eigenvalue weighted by Crippen LogP contribution is -2.57. The fourth-order valence-corrected chi connectivity index (χ4v) is 17.7. The minimum Gasteiger partial charge on any atom is -0.455 e. The number of carbonyl (C=O) groups excluding carboxylic acids is 12. The minimum atomic E-state index is -2.21. The molecule has 0 radical (unpaired) electrons. The number of aliphatic hydroxyl groups is 5. The van der Waals surface area contributed by atoms with Gasteiger partial charge in [-0.2, -0.15) is 0 Å². The monoisotopic (exact) mass is 1750 g/mol. The number of nitrogens with two attached hydrogens (primary N) is 1. The predicted molar refractivity (Wildman–Crippen MR) is 440 cm³/mol. The van der Waals surface area contributed by atoms with E-state index in [1.807, 2.05) is 5.38 Å². The van der Waals surface area contributed by atoms with Gasteiger partial charge in [0, 0.05) is 44.4 Å². The predicted octanol–water partition coefficient (Wildman–Crippen LogP) is 1.92. The molecule has 632 valence electrons. The van der Waals surface area contributed by atoms with Gasteiger partial charge in [0.15, 0.2) is 0 Å². The molecule has 38 nitrogen and oxygen atoms in total. The number of thiazole rings is 5. The number of nitrogens with one attached hydrogen (secondary N) is 11. The number of nitrogens with zero attached hydrogens (tertiary/aromatic N) is 8. The first-order chi connectivity index (χ1) is 56.2. The van der Waals surface area contributed by atoms with Crippen LogP contribution in [0.25, 0.3) is 6.08 Å². The van der Waals surface area contributed by atoms with Gasteiger partial charge in [-0.1, -0.05) is 58.2 Å². The lowest BCUT2D eigenvalue weighted by Gasteiger charge is -2.41. The zero-order chi connectivity index (χ0) is 87.0. The van der Waals surface area contributed by atoms with Crippen LogP contribution in [-0.2, 0) is 48.6 Å². The van der Waals surface area contributed by atoms with Crippen molar-refractivity contribution in [2.24, 2.45) is 21.6 Å². The minimum absolute atomic E-state index is 0.0158. The summed E-state index contributed by atoms with van der Waals surface area (Å²) in [7, 11) is 0. The van der Waals surface area contributed by atoms with Crippen LogP contribution in [0.15, 0.2) is 109 Å². The molecule has 0 fully saturated rings. The lowest BCUT2D eigenvalue weighted by molar-refractivity contribution is -0.131. The van der Waals surface area contributed by atoms with E-state index >= 15 is 14.4 Å². The molecule has 13 bridgehead atoms. The highest BCUT2D eigenvalue weighted by atomic mass is 32.2. The van der Waals surface area contributed by atoms with Crippen LogP contribution < -0.4 is 64.2 Å². The van der Waals surface area contributed by atoms with Gasteiger partial charge in [0.25, 0.3) is 35.4 Å². The molecule has 5 aliphatic rings. The van der Waals surface area contributed by atoms with E-state index in [2.05, 4.69) is 103 Å².